The Balaban J connectivity index is 2.86. The molecule has 0 aliphatic heterocycles. The monoisotopic (exact) mass is 232 g/mol. The summed E-state index contributed by atoms with van der Waals surface area (Å²) in [6.07, 6.45) is 14.9. The first kappa shape index (κ1) is 15.2. The molecule has 0 bridgehead atoms. The van der Waals surface area contributed by atoms with Crippen LogP contribution in [-0.4, -0.2) is 6.61 Å². The lowest BCUT2D eigenvalue weighted by molar-refractivity contribution is -0.698. The van der Waals surface area contributed by atoms with Crippen molar-refractivity contribution in [1.29, 1.82) is 0 Å². The summed E-state index contributed by atoms with van der Waals surface area (Å²) in [7, 11) is 0. The van der Waals surface area contributed by atoms with E-state index in [4.69, 9.17) is 0 Å². The Morgan fingerprint density at radius 3 is 2.25 bits per heavy atom. The zero-order chi connectivity index (χ0) is 11.9. The zero-order valence-electron chi connectivity index (χ0n) is 9.78. The van der Waals surface area contributed by atoms with Crippen LogP contribution in [0, 0.1) is 12.5 Å². The number of unbranched alkanes of at least 4 members (excludes halogenated alkanes) is 6. The van der Waals surface area contributed by atoms with Crippen molar-refractivity contribution in [2.45, 2.75) is 51.9 Å². The highest BCUT2D eigenvalue weighted by molar-refractivity contribution is 4.64. The highest BCUT2D eigenvalue weighted by Gasteiger charge is 1.93. The normalized spacial score (nSPS) is 10.0. The molecule has 0 amide bonds. The Morgan fingerprint density at radius 2 is 1.56 bits per heavy atom. The summed E-state index contributed by atoms with van der Waals surface area (Å²) in [6, 6.07) is 0. The summed E-state index contributed by atoms with van der Waals surface area (Å²) in [4.78, 5) is 8.53. The van der Waals surface area contributed by atoms with Gasteiger partial charge in [0.05, 0.1) is 6.61 Å². The molecule has 0 rings (SSSR count). The number of rotatable bonds is 12. The summed E-state index contributed by atoms with van der Waals surface area (Å²) in [5.74, 6) is 0. The van der Waals surface area contributed by atoms with Gasteiger partial charge in [-0.3, -0.25) is 4.89 Å². The van der Waals surface area contributed by atoms with Crippen molar-refractivity contribution < 1.29 is 24.9 Å². The zero-order valence-corrected chi connectivity index (χ0v) is 9.78. The van der Waals surface area contributed by atoms with Gasteiger partial charge < -0.3 is 0 Å². The topological polar surface area (TPSA) is 46.2 Å². The van der Waals surface area contributed by atoms with E-state index in [1.54, 1.807) is 6.11 Å². The van der Waals surface area contributed by atoms with Crippen LogP contribution in [-0.2, 0) is 24.9 Å². The van der Waals surface area contributed by atoms with Gasteiger partial charge in [0, 0.05) is 10.1 Å². The SMILES string of the molecule is C#COOOOOCCCCCCCCC. The molecule has 0 aliphatic carbocycles. The van der Waals surface area contributed by atoms with Crippen molar-refractivity contribution in [3.8, 4) is 12.5 Å². The van der Waals surface area contributed by atoms with Gasteiger partial charge in [-0.15, -0.1) is 0 Å². The smallest absolute Gasteiger partial charge is 0.157 e. The molecule has 0 N–H and O–H groups in total. The van der Waals surface area contributed by atoms with Crippen LogP contribution in [0.3, 0.4) is 0 Å². The average molecular weight is 232 g/mol. The highest BCUT2D eigenvalue weighted by atomic mass is 17.8. The molecule has 16 heavy (non-hydrogen) atoms. The summed E-state index contributed by atoms with van der Waals surface area (Å²) in [5, 5.41) is 12.0. The molecule has 5 heteroatoms. The first-order chi connectivity index (χ1) is 7.91. The van der Waals surface area contributed by atoms with Crippen LogP contribution in [0.1, 0.15) is 51.9 Å². The highest BCUT2D eigenvalue weighted by Crippen LogP contribution is 2.06. The lowest BCUT2D eigenvalue weighted by Crippen LogP contribution is -1.99. The molecule has 0 saturated heterocycles. The van der Waals surface area contributed by atoms with Crippen LogP contribution in [0.4, 0.5) is 0 Å². The minimum Gasteiger partial charge on any atom is -0.250 e. The van der Waals surface area contributed by atoms with E-state index >= 15 is 0 Å². The summed E-state index contributed by atoms with van der Waals surface area (Å²) >= 11 is 0. The van der Waals surface area contributed by atoms with Gasteiger partial charge in [0.25, 0.3) is 0 Å². The van der Waals surface area contributed by atoms with Crippen LogP contribution in [0.15, 0.2) is 0 Å². The third kappa shape index (κ3) is 13.2. The fourth-order valence-electron chi connectivity index (χ4n) is 1.22. The maximum atomic E-state index is 4.69. The third-order valence-electron chi connectivity index (χ3n) is 2.02. The van der Waals surface area contributed by atoms with Gasteiger partial charge in [0.2, 0.25) is 0 Å². The summed E-state index contributed by atoms with van der Waals surface area (Å²) in [6.45, 7) is 2.66. The van der Waals surface area contributed by atoms with Crippen LogP contribution in [0.2, 0.25) is 0 Å². The van der Waals surface area contributed by atoms with Gasteiger partial charge in [-0.05, 0) is 11.5 Å². The average Bonchev–Trinajstić information content (AvgIpc) is 2.31. The molecule has 5 nitrogen and oxygen atoms in total. The first-order valence-corrected chi connectivity index (χ1v) is 5.66. The van der Waals surface area contributed by atoms with Crippen molar-refractivity contribution in [2.75, 3.05) is 6.61 Å². The van der Waals surface area contributed by atoms with Gasteiger partial charge in [0.1, 0.15) is 0 Å². The second-order valence-electron chi connectivity index (χ2n) is 3.35. The number of hydrogen-bond donors (Lipinski definition) is 0. The summed E-state index contributed by atoms with van der Waals surface area (Å²) < 4.78 is 0. The van der Waals surface area contributed by atoms with Gasteiger partial charge in [-0.25, -0.2) is 4.89 Å². The first-order valence-electron chi connectivity index (χ1n) is 5.66. The quantitative estimate of drug-likeness (QED) is 0.224. The molecule has 94 valence electrons. The second-order valence-corrected chi connectivity index (χ2v) is 3.35. The predicted octanol–water partition coefficient (Wildman–Crippen LogP) is 3.07. The molecule has 0 heterocycles. The molecule has 0 radical (unpaired) electrons. The molecule has 0 aromatic rings. The molecule has 0 aromatic carbocycles. The van der Waals surface area contributed by atoms with Crippen molar-refractivity contribution >= 4 is 0 Å². The number of terminal acetylenes is 1. The maximum Gasteiger partial charge on any atom is 0.157 e. The van der Waals surface area contributed by atoms with E-state index in [1.165, 1.54) is 32.1 Å². The Morgan fingerprint density at radius 1 is 0.875 bits per heavy atom. The molecule has 0 fully saturated rings. The molecule has 0 atom stereocenters. The third-order valence-corrected chi connectivity index (χ3v) is 2.02. The van der Waals surface area contributed by atoms with Gasteiger partial charge in [-0.1, -0.05) is 51.9 Å². The van der Waals surface area contributed by atoms with Gasteiger partial charge >= 0.3 is 0 Å². The van der Waals surface area contributed by atoms with E-state index in [9.17, 15) is 0 Å². The lowest BCUT2D eigenvalue weighted by Gasteiger charge is -2.01. The van der Waals surface area contributed by atoms with E-state index in [1.807, 2.05) is 0 Å². The van der Waals surface area contributed by atoms with Crippen LogP contribution < -0.4 is 0 Å². The molecular formula is C11H20O5. The van der Waals surface area contributed by atoms with E-state index < -0.39 is 0 Å². The largest absolute Gasteiger partial charge is 0.250 e. The fourth-order valence-corrected chi connectivity index (χ4v) is 1.22. The minimum atomic E-state index is 0.452. The Bertz CT molecular complexity index is 166. The van der Waals surface area contributed by atoms with Gasteiger partial charge in [-0.2, -0.15) is 0 Å². The van der Waals surface area contributed by atoms with Crippen molar-refractivity contribution in [2.24, 2.45) is 0 Å². The summed E-state index contributed by atoms with van der Waals surface area (Å²) in [5.41, 5.74) is 0. The molecule has 0 aromatic heterocycles. The fraction of sp³-hybridized carbons (Fsp3) is 0.818. The maximum absolute atomic E-state index is 4.69. The van der Waals surface area contributed by atoms with Crippen molar-refractivity contribution in [1.82, 2.24) is 0 Å². The Hall–Kier alpha value is -0.800. The van der Waals surface area contributed by atoms with E-state index in [0.29, 0.717) is 6.61 Å². The van der Waals surface area contributed by atoms with E-state index in [-0.39, 0.29) is 0 Å². The van der Waals surface area contributed by atoms with E-state index in [0.717, 1.165) is 12.8 Å². The second kappa shape index (κ2) is 14.2. The van der Waals surface area contributed by atoms with Gasteiger partial charge in [0.15, 0.2) is 6.11 Å². The molecule has 0 saturated carbocycles. The van der Waals surface area contributed by atoms with E-state index in [2.05, 4.69) is 38.2 Å². The predicted molar refractivity (Wildman–Crippen MR) is 57.1 cm³/mol. The molecular weight excluding hydrogens is 212 g/mol. The minimum absolute atomic E-state index is 0.452. The molecule has 0 unspecified atom stereocenters. The van der Waals surface area contributed by atoms with Crippen LogP contribution >= 0.6 is 0 Å². The van der Waals surface area contributed by atoms with Crippen LogP contribution in [0.5, 0.6) is 0 Å². The Kier molecular flexibility index (Phi) is 13.5. The van der Waals surface area contributed by atoms with Crippen molar-refractivity contribution in [3.05, 3.63) is 0 Å². The standard InChI is InChI=1S/C11H20O5/c1-3-5-6-7-8-9-10-11-13-15-16-14-12-4-2/h2H,3,5-11H2,1H3. The van der Waals surface area contributed by atoms with Crippen LogP contribution in [0.25, 0.3) is 0 Å². The Labute approximate surface area is 96.7 Å². The number of hydrogen-bond acceptors (Lipinski definition) is 5. The molecule has 0 aliphatic rings. The molecule has 0 spiro atoms. The lowest BCUT2D eigenvalue weighted by atomic mass is 10.1. The van der Waals surface area contributed by atoms with Crippen molar-refractivity contribution in [3.63, 3.8) is 0 Å².